The van der Waals surface area contributed by atoms with Crippen LogP contribution >= 0.6 is 0 Å². The lowest BCUT2D eigenvalue weighted by Crippen LogP contribution is -2.36. The lowest BCUT2D eigenvalue weighted by atomic mass is 10.1. The zero-order valence-corrected chi connectivity index (χ0v) is 9.72. The number of hydrogen-bond donors (Lipinski definition) is 2. The molecular weight excluding hydrogens is 192 g/mol. The summed E-state index contributed by atoms with van der Waals surface area (Å²) in [6.07, 6.45) is 1.99. The monoisotopic (exact) mass is 212 g/mol. The summed E-state index contributed by atoms with van der Waals surface area (Å²) in [5.74, 6) is 0. The number of nitrogens with one attached hydrogen (secondary N) is 2. The van der Waals surface area contributed by atoms with Gasteiger partial charge in [-0.25, -0.2) is 4.79 Å². The van der Waals surface area contributed by atoms with Gasteiger partial charge >= 0.3 is 6.09 Å². The fourth-order valence-electron chi connectivity index (χ4n) is 2.24. The Bertz CT molecular complexity index is 264. The second kappa shape index (κ2) is 3.37. The highest BCUT2D eigenvalue weighted by Gasteiger charge is 2.56. The van der Waals surface area contributed by atoms with Crippen molar-refractivity contribution in [1.82, 2.24) is 10.6 Å². The van der Waals surface area contributed by atoms with E-state index < -0.39 is 5.60 Å². The summed E-state index contributed by atoms with van der Waals surface area (Å²) in [5, 5.41) is 6.28. The molecule has 1 saturated heterocycles. The Kier molecular flexibility index (Phi) is 2.41. The molecule has 4 nitrogen and oxygen atoms in total. The van der Waals surface area contributed by atoms with Gasteiger partial charge in [0.1, 0.15) is 5.60 Å². The van der Waals surface area contributed by atoms with Crippen LogP contribution in [0.4, 0.5) is 4.79 Å². The summed E-state index contributed by atoms with van der Waals surface area (Å²) in [7, 11) is 0. The van der Waals surface area contributed by atoms with Gasteiger partial charge in [0, 0.05) is 18.0 Å². The van der Waals surface area contributed by atoms with Gasteiger partial charge in [0.25, 0.3) is 0 Å². The van der Waals surface area contributed by atoms with Gasteiger partial charge in [-0.3, -0.25) is 0 Å². The first kappa shape index (κ1) is 10.7. The number of hydrogen-bond acceptors (Lipinski definition) is 3. The maximum atomic E-state index is 11.5. The first-order valence-electron chi connectivity index (χ1n) is 5.62. The maximum absolute atomic E-state index is 11.5. The molecule has 1 heterocycles. The molecule has 2 fully saturated rings. The van der Waals surface area contributed by atoms with Gasteiger partial charge < -0.3 is 15.4 Å². The van der Waals surface area contributed by atoms with Crippen LogP contribution in [0.5, 0.6) is 0 Å². The summed E-state index contributed by atoms with van der Waals surface area (Å²) >= 11 is 0. The van der Waals surface area contributed by atoms with E-state index in [0.29, 0.717) is 11.5 Å². The largest absolute Gasteiger partial charge is 0.444 e. The SMILES string of the molecule is CC(C)(C)OC(=O)N[C@H]1C[C@]12CCNC2. The molecule has 15 heavy (non-hydrogen) atoms. The predicted molar refractivity (Wildman–Crippen MR) is 57.7 cm³/mol. The molecule has 4 heteroatoms. The highest BCUT2D eigenvalue weighted by Crippen LogP contribution is 2.50. The minimum Gasteiger partial charge on any atom is -0.444 e. The fraction of sp³-hybridized carbons (Fsp3) is 0.909. The third-order valence-corrected chi connectivity index (χ3v) is 3.16. The molecule has 2 aliphatic rings. The average Bonchev–Trinajstić information content (AvgIpc) is 2.54. The van der Waals surface area contributed by atoms with Crippen molar-refractivity contribution in [1.29, 1.82) is 0 Å². The Morgan fingerprint density at radius 1 is 1.53 bits per heavy atom. The molecule has 1 aliphatic heterocycles. The van der Waals surface area contributed by atoms with Gasteiger partial charge in [0.15, 0.2) is 0 Å². The second-order valence-corrected chi connectivity index (χ2v) is 5.69. The second-order valence-electron chi connectivity index (χ2n) is 5.69. The molecule has 2 atom stereocenters. The van der Waals surface area contributed by atoms with Crippen molar-refractivity contribution in [2.75, 3.05) is 13.1 Å². The molecule has 0 bridgehead atoms. The third kappa shape index (κ3) is 2.43. The highest BCUT2D eigenvalue weighted by molar-refractivity contribution is 5.68. The number of amides is 1. The topological polar surface area (TPSA) is 50.4 Å². The van der Waals surface area contributed by atoms with Crippen LogP contribution in [0.25, 0.3) is 0 Å². The standard InChI is InChI=1S/C11H20N2O2/c1-10(2,3)15-9(14)13-8-6-11(8)4-5-12-7-11/h8,12H,4-7H2,1-3H3,(H,13,14)/t8-,11-/m0/s1. The Morgan fingerprint density at radius 3 is 2.80 bits per heavy atom. The Morgan fingerprint density at radius 2 is 2.27 bits per heavy atom. The van der Waals surface area contributed by atoms with Gasteiger partial charge in [-0.2, -0.15) is 0 Å². The Balaban J connectivity index is 1.77. The van der Waals surface area contributed by atoms with E-state index in [9.17, 15) is 4.79 Å². The van der Waals surface area contributed by atoms with E-state index in [0.717, 1.165) is 19.5 Å². The lowest BCUT2D eigenvalue weighted by molar-refractivity contribution is 0.0517. The Labute approximate surface area is 90.8 Å². The molecule has 1 spiro atoms. The third-order valence-electron chi connectivity index (χ3n) is 3.16. The zero-order valence-electron chi connectivity index (χ0n) is 9.72. The molecular formula is C11H20N2O2. The van der Waals surface area contributed by atoms with Crippen molar-refractivity contribution in [2.24, 2.45) is 5.41 Å². The summed E-state index contributed by atoms with van der Waals surface area (Å²) < 4.78 is 5.22. The lowest BCUT2D eigenvalue weighted by Gasteiger charge is -2.20. The Hall–Kier alpha value is -0.770. The molecule has 1 amide bonds. The smallest absolute Gasteiger partial charge is 0.407 e. The average molecular weight is 212 g/mol. The first-order valence-corrected chi connectivity index (χ1v) is 5.62. The molecule has 0 unspecified atom stereocenters. The van der Waals surface area contributed by atoms with Crippen molar-refractivity contribution >= 4 is 6.09 Å². The number of alkyl carbamates (subject to hydrolysis) is 1. The van der Waals surface area contributed by atoms with E-state index in [4.69, 9.17) is 4.74 Å². The van der Waals surface area contributed by atoms with Crippen LogP contribution in [-0.2, 0) is 4.74 Å². The van der Waals surface area contributed by atoms with Crippen molar-refractivity contribution in [3.8, 4) is 0 Å². The molecule has 0 aromatic rings. The molecule has 0 aromatic heterocycles. The minimum absolute atomic E-state index is 0.281. The minimum atomic E-state index is -0.403. The molecule has 0 aromatic carbocycles. The zero-order chi connectivity index (χ0) is 11.1. The van der Waals surface area contributed by atoms with E-state index in [2.05, 4.69) is 10.6 Å². The highest BCUT2D eigenvalue weighted by atomic mass is 16.6. The van der Waals surface area contributed by atoms with Crippen LogP contribution in [0.3, 0.4) is 0 Å². The van der Waals surface area contributed by atoms with E-state index >= 15 is 0 Å². The van der Waals surface area contributed by atoms with Crippen LogP contribution < -0.4 is 10.6 Å². The normalized spacial score (nSPS) is 34.2. The molecule has 1 saturated carbocycles. The van der Waals surface area contributed by atoms with E-state index in [1.54, 1.807) is 0 Å². The van der Waals surface area contributed by atoms with E-state index in [1.807, 2.05) is 20.8 Å². The van der Waals surface area contributed by atoms with Crippen molar-refractivity contribution in [3.05, 3.63) is 0 Å². The van der Waals surface area contributed by atoms with E-state index in [-0.39, 0.29) is 6.09 Å². The summed E-state index contributed by atoms with van der Waals surface area (Å²) in [6.45, 7) is 7.76. The van der Waals surface area contributed by atoms with Crippen molar-refractivity contribution in [3.63, 3.8) is 0 Å². The molecule has 2 N–H and O–H groups in total. The molecule has 2 rings (SSSR count). The van der Waals surface area contributed by atoms with Gasteiger partial charge in [0.05, 0.1) is 0 Å². The van der Waals surface area contributed by atoms with Crippen LogP contribution in [0, 0.1) is 5.41 Å². The van der Waals surface area contributed by atoms with Crippen LogP contribution in [0.1, 0.15) is 33.6 Å². The number of ether oxygens (including phenoxy) is 1. The van der Waals surface area contributed by atoms with Crippen LogP contribution in [0.2, 0.25) is 0 Å². The number of carbonyl (C=O) groups excluding carboxylic acids is 1. The summed E-state index contributed by atoms with van der Waals surface area (Å²) in [4.78, 5) is 11.5. The number of rotatable bonds is 1. The molecule has 1 aliphatic carbocycles. The first-order chi connectivity index (χ1) is 6.91. The van der Waals surface area contributed by atoms with E-state index in [1.165, 1.54) is 6.42 Å². The van der Waals surface area contributed by atoms with Gasteiger partial charge in [-0.15, -0.1) is 0 Å². The fourth-order valence-corrected chi connectivity index (χ4v) is 2.24. The molecule has 0 radical (unpaired) electrons. The van der Waals surface area contributed by atoms with Gasteiger partial charge in [-0.05, 0) is 40.2 Å². The van der Waals surface area contributed by atoms with Gasteiger partial charge in [0.2, 0.25) is 0 Å². The van der Waals surface area contributed by atoms with Crippen LogP contribution in [-0.4, -0.2) is 30.8 Å². The van der Waals surface area contributed by atoms with Crippen LogP contribution in [0.15, 0.2) is 0 Å². The quantitative estimate of drug-likeness (QED) is 0.688. The van der Waals surface area contributed by atoms with Gasteiger partial charge in [-0.1, -0.05) is 0 Å². The summed E-state index contributed by atoms with van der Waals surface area (Å²) in [5.41, 5.74) is -0.0586. The van der Waals surface area contributed by atoms with Crippen molar-refractivity contribution in [2.45, 2.75) is 45.3 Å². The number of carbonyl (C=O) groups is 1. The summed E-state index contributed by atoms with van der Waals surface area (Å²) in [6, 6.07) is 0.322. The molecule has 86 valence electrons. The maximum Gasteiger partial charge on any atom is 0.407 e. The van der Waals surface area contributed by atoms with Crippen molar-refractivity contribution < 1.29 is 9.53 Å². The predicted octanol–water partition coefficient (Wildman–Crippen LogP) is 1.26.